The van der Waals surface area contributed by atoms with Gasteiger partial charge in [0.2, 0.25) is 0 Å². The van der Waals surface area contributed by atoms with Gasteiger partial charge in [0.25, 0.3) is 0 Å². The van der Waals surface area contributed by atoms with Crippen molar-refractivity contribution in [3.8, 4) is 28.3 Å². The van der Waals surface area contributed by atoms with E-state index >= 15 is 0 Å². The summed E-state index contributed by atoms with van der Waals surface area (Å²) in [6.07, 6.45) is 9.21. The van der Waals surface area contributed by atoms with Crippen LogP contribution in [0.1, 0.15) is 5.56 Å². The minimum atomic E-state index is 0. The van der Waals surface area contributed by atoms with Crippen LogP contribution in [0.25, 0.3) is 27.8 Å². The van der Waals surface area contributed by atoms with Crippen molar-refractivity contribution in [3.63, 3.8) is 0 Å². The quantitative estimate of drug-likeness (QED) is 0.449. The van der Waals surface area contributed by atoms with E-state index in [1.807, 2.05) is 31.8 Å². The molecule has 0 aromatic carbocycles. The molecule has 9 nitrogen and oxygen atoms in total. The van der Waals surface area contributed by atoms with Crippen molar-refractivity contribution >= 4 is 36.1 Å². The third kappa shape index (κ3) is 4.86. The summed E-state index contributed by atoms with van der Waals surface area (Å²) in [5.74, 6) is 0.967. The van der Waals surface area contributed by atoms with Crippen molar-refractivity contribution in [2.75, 3.05) is 44.2 Å². The second-order valence-electron chi connectivity index (χ2n) is 8.03. The average molecular weight is 500 g/mol. The fourth-order valence-electron chi connectivity index (χ4n) is 4.27. The molecule has 1 aliphatic rings. The first-order chi connectivity index (χ1) is 15.7. The molecule has 0 radical (unpaired) electrons. The molecule has 0 unspecified atom stereocenters. The minimum Gasteiger partial charge on any atom is -0.354 e. The Morgan fingerprint density at radius 1 is 0.971 bits per heavy atom. The summed E-state index contributed by atoms with van der Waals surface area (Å²) in [5.41, 5.74) is 10.8. The molecule has 4 aromatic rings. The largest absolute Gasteiger partial charge is 0.354 e. The van der Waals surface area contributed by atoms with Gasteiger partial charge in [0.1, 0.15) is 11.9 Å². The Labute approximate surface area is 210 Å². The molecule has 0 amide bonds. The van der Waals surface area contributed by atoms with E-state index in [1.54, 1.807) is 15.4 Å². The molecule has 0 saturated carbocycles. The second kappa shape index (κ2) is 10.8. The highest BCUT2D eigenvalue weighted by molar-refractivity contribution is 5.87. The third-order valence-electron chi connectivity index (χ3n) is 5.97. The molecule has 1 aliphatic heterocycles. The molecule has 0 aliphatic carbocycles. The van der Waals surface area contributed by atoms with Crippen molar-refractivity contribution in [1.29, 1.82) is 5.26 Å². The maximum atomic E-state index is 9.61. The summed E-state index contributed by atoms with van der Waals surface area (Å²) in [7, 11) is 1.89. The van der Waals surface area contributed by atoms with Crippen molar-refractivity contribution in [2.24, 2.45) is 12.8 Å². The van der Waals surface area contributed by atoms with Crippen LogP contribution < -0.4 is 10.6 Å². The van der Waals surface area contributed by atoms with Gasteiger partial charge in [-0.2, -0.15) is 15.5 Å². The van der Waals surface area contributed by atoms with Gasteiger partial charge in [-0.1, -0.05) is 0 Å². The number of hydrogen-bond donors (Lipinski definition) is 1. The van der Waals surface area contributed by atoms with Crippen LogP contribution in [0.5, 0.6) is 0 Å². The predicted octanol–water partition coefficient (Wildman–Crippen LogP) is 2.59. The summed E-state index contributed by atoms with van der Waals surface area (Å²) < 4.78 is 3.54. The molecule has 0 spiro atoms. The highest BCUT2D eigenvalue weighted by Crippen LogP contribution is 2.32. The monoisotopic (exact) mass is 499 g/mol. The first-order valence-corrected chi connectivity index (χ1v) is 10.7. The van der Waals surface area contributed by atoms with Gasteiger partial charge in [0, 0.05) is 87.2 Å². The van der Waals surface area contributed by atoms with Crippen LogP contribution in [0.4, 0.5) is 5.82 Å². The highest BCUT2D eigenvalue weighted by Gasteiger charge is 2.18. The van der Waals surface area contributed by atoms with Crippen LogP contribution in [0.15, 0.2) is 49.2 Å². The van der Waals surface area contributed by atoms with Crippen LogP contribution in [-0.2, 0) is 7.05 Å². The summed E-state index contributed by atoms with van der Waals surface area (Å²) in [6.45, 7) is 5.50. The lowest BCUT2D eigenvalue weighted by Gasteiger charge is -2.35. The summed E-state index contributed by atoms with van der Waals surface area (Å²) in [6, 6.07) is 8.47. The van der Waals surface area contributed by atoms with E-state index < -0.39 is 0 Å². The molecule has 0 bridgehead atoms. The molecule has 11 heteroatoms. The zero-order chi connectivity index (χ0) is 22.1. The predicted molar refractivity (Wildman–Crippen MR) is 138 cm³/mol. The smallest absolute Gasteiger partial charge is 0.128 e. The van der Waals surface area contributed by atoms with Crippen molar-refractivity contribution in [1.82, 2.24) is 29.3 Å². The lowest BCUT2D eigenvalue weighted by Crippen LogP contribution is -2.48. The first-order valence-electron chi connectivity index (χ1n) is 10.7. The van der Waals surface area contributed by atoms with E-state index in [9.17, 15) is 5.26 Å². The van der Waals surface area contributed by atoms with E-state index in [2.05, 4.69) is 44.3 Å². The Balaban J connectivity index is 0.00000162. The maximum absolute atomic E-state index is 9.61. The van der Waals surface area contributed by atoms with E-state index in [4.69, 9.17) is 10.7 Å². The number of aromatic nitrogens is 5. The van der Waals surface area contributed by atoms with Crippen LogP contribution in [0.2, 0.25) is 0 Å². The molecule has 4 aromatic heterocycles. The van der Waals surface area contributed by atoms with E-state index in [0.29, 0.717) is 12.1 Å². The molecular weight excluding hydrogens is 473 g/mol. The van der Waals surface area contributed by atoms with Crippen LogP contribution in [0, 0.1) is 11.3 Å². The number of anilines is 1. The lowest BCUT2D eigenvalue weighted by atomic mass is 10.0. The molecule has 178 valence electrons. The second-order valence-corrected chi connectivity index (χ2v) is 8.03. The highest BCUT2D eigenvalue weighted by atomic mass is 35.5. The molecule has 0 atom stereocenters. The maximum Gasteiger partial charge on any atom is 0.128 e. The molecule has 5 heterocycles. The number of aryl methyl sites for hydroxylation is 1. The number of halogens is 2. The Bertz CT molecular complexity index is 1280. The van der Waals surface area contributed by atoms with Gasteiger partial charge >= 0.3 is 0 Å². The summed E-state index contributed by atoms with van der Waals surface area (Å²) >= 11 is 0. The van der Waals surface area contributed by atoms with Gasteiger partial charge in [-0.3, -0.25) is 9.58 Å². The molecule has 5 rings (SSSR count). The molecule has 2 N–H and O–H groups in total. The molecule has 1 fully saturated rings. The van der Waals surface area contributed by atoms with Gasteiger partial charge in [0.15, 0.2) is 0 Å². The van der Waals surface area contributed by atoms with Crippen LogP contribution in [0.3, 0.4) is 0 Å². The van der Waals surface area contributed by atoms with E-state index in [0.717, 1.165) is 66.3 Å². The van der Waals surface area contributed by atoms with Gasteiger partial charge < -0.3 is 10.6 Å². The van der Waals surface area contributed by atoms with E-state index in [-0.39, 0.29) is 24.8 Å². The van der Waals surface area contributed by atoms with Gasteiger partial charge in [0.05, 0.1) is 23.5 Å². The Kier molecular flexibility index (Phi) is 8.12. The fraction of sp³-hybridized carbons (Fsp3) is 0.304. The first kappa shape index (κ1) is 25.5. The fourth-order valence-corrected chi connectivity index (χ4v) is 4.27. The lowest BCUT2D eigenvalue weighted by molar-refractivity contribution is 0.264. The Morgan fingerprint density at radius 2 is 1.76 bits per heavy atom. The van der Waals surface area contributed by atoms with Gasteiger partial charge in [-0.05, 0) is 18.2 Å². The Morgan fingerprint density at radius 3 is 2.38 bits per heavy atom. The molecule has 1 saturated heterocycles. The number of nitriles is 1. The number of pyridine rings is 2. The number of fused-ring (bicyclic) bond motifs is 1. The SMILES string of the molecule is Cl.Cl.Cn1cc(-c2cc(-c3ccc(N4CCN(CCN)CC4)nc3)c3c(C#N)cnn3c2)cn1. The topological polar surface area (TPSA) is 104 Å². The number of rotatable bonds is 5. The van der Waals surface area contributed by atoms with E-state index in [1.165, 1.54) is 0 Å². The summed E-state index contributed by atoms with van der Waals surface area (Å²) in [4.78, 5) is 9.44. The number of nitrogens with zero attached hydrogens (tertiary/aromatic N) is 8. The van der Waals surface area contributed by atoms with Gasteiger partial charge in [-0.15, -0.1) is 24.8 Å². The van der Waals surface area contributed by atoms with Gasteiger partial charge in [-0.25, -0.2) is 9.50 Å². The van der Waals surface area contributed by atoms with Crippen molar-refractivity contribution in [2.45, 2.75) is 0 Å². The summed E-state index contributed by atoms with van der Waals surface area (Å²) in [5, 5.41) is 18.3. The average Bonchev–Trinajstić information content (AvgIpc) is 3.45. The Hall–Kier alpha value is -3.16. The van der Waals surface area contributed by atoms with Crippen molar-refractivity contribution in [3.05, 3.63) is 54.7 Å². The number of piperazine rings is 1. The van der Waals surface area contributed by atoms with Crippen LogP contribution >= 0.6 is 24.8 Å². The minimum absolute atomic E-state index is 0. The van der Waals surface area contributed by atoms with Crippen LogP contribution in [-0.4, -0.2) is 68.5 Å². The third-order valence-corrected chi connectivity index (χ3v) is 5.97. The number of hydrogen-bond acceptors (Lipinski definition) is 7. The molecular formula is C23H27Cl2N9. The normalized spacial score (nSPS) is 13.9. The standard InChI is InChI=1S/C23H25N9.2ClH/c1-29-15-20(14-27-29)18-10-21(23-19(11-25)13-28-32(23)16-18)17-2-3-22(26-12-17)31-8-6-30(5-4-24)7-9-31;;/h2-3,10,12-16H,4-9,24H2,1H3;2*1H. The molecule has 34 heavy (non-hydrogen) atoms. The number of nitrogens with two attached hydrogens (primary N) is 1. The van der Waals surface area contributed by atoms with Crippen molar-refractivity contribution < 1.29 is 0 Å². The zero-order valence-corrected chi connectivity index (χ0v) is 20.5. The zero-order valence-electron chi connectivity index (χ0n) is 18.8.